The number of anilines is 4. The van der Waals surface area contributed by atoms with Crippen molar-refractivity contribution in [3.8, 4) is 11.5 Å². The molecule has 0 spiro atoms. The van der Waals surface area contributed by atoms with Gasteiger partial charge in [-0.2, -0.15) is 0 Å². The van der Waals surface area contributed by atoms with Gasteiger partial charge in [-0.1, -0.05) is 0 Å². The molecule has 8 N–H and O–H groups in total. The highest BCUT2D eigenvalue weighted by atomic mass is 16.5. The van der Waals surface area contributed by atoms with E-state index in [2.05, 4.69) is 0 Å². The van der Waals surface area contributed by atoms with Gasteiger partial charge < -0.3 is 32.4 Å². The van der Waals surface area contributed by atoms with E-state index >= 15 is 0 Å². The monoisotopic (exact) mass is 380 g/mol. The zero-order valence-corrected chi connectivity index (χ0v) is 16.0. The lowest BCUT2D eigenvalue weighted by Crippen LogP contribution is -2.63. The molecule has 4 saturated carbocycles. The van der Waals surface area contributed by atoms with Gasteiger partial charge in [0.2, 0.25) is 0 Å². The summed E-state index contributed by atoms with van der Waals surface area (Å²) in [6, 6.07) is 11.0. The molecular formula is C22H28N4O2. The molecule has 0 saturated heterocycles. The summed E-state index contributed by atoms with van der Waals surface area (Å²) >= 11 is 0. The lowest BCUT2D eigenvalue weighted by Gasteiger charge is -2.60. The van der Waals surface area contributed by atoms with Gasteiger partial charge in [0.25, 0.3) is 0 Å². The molecule has 0 aliphatic heterocycles. The Kier molecular flexibility index (Phi) is 3.63. The van der Waals surface area contributed by atoms with Gasteiger partial charge in [0.05, 0.1) is 0 Å². The van der Waals surface area contributed by atoms with Gasteiger partial charge in [0.15, 0.2) is 0 Å². The normalized spacial score (nSPS) is 33.0. The van der Waals surface area contributed by atoms with Crippen molar-refractivity contribution in [2.45, 2.75) is 49.7 Å². The van der Waals surface area contributed by atoms with E-state index in [1.54, 1.807) is 12.1 Å². The molecule has 0 amide bonds. The third kappa shape index (κ3) is 3.07. The summed E-state index contributed by atoms with van der Waals surface area (Å²) in [6.07, 6.45) is 6.35. The number of rotatable bonds is 4. The number of hydrogen-bond donors (Lipinski definition) is 4. The molecule has 2 aromatic rings. The Morgan fingerprint density at radius 3 is 1.32 bits per heavy atom. The Labute approximate surface area is 165 Å². The average Bonchev–Trinajstić information content (AvgIpc) is 2.49. The Hall–Kier alpha value is -2.76. The van der Waals surface area contributed by atoms with Crippen LogP contribution < -0.4 is 32.4 Å². The van der Waals surface area contributed by atoms with Crippen LogP contribution in [0.25, 0.3) is 0 Å². The maximum Gasteiger partial charge on any atom is 0.124 e. The topological polar surface area (TPSA) is 123 Å². The molecule has 6 heteroatoms. The fraction of sp³-hybridized carbons (Fsp3) is 0.455. The van der Waals surface area contributed by atoms with Crippen LogP contribution in [-0.4, -0.2) is 11.2 Å². The average molecular weight is 380 g/mol. The molecule has 0 unspecified atom stereocenters. The maximum absolute atomic E-state index is 6.60. The summed E-state index contributed by atoms with van der Waals surface area (Å²) in [6.45, 7) is 0. The van der Waals surface area contributed by atoms with Crippen molar-refractivity contribution in [3.05, 3.63) is 36.4 Å². The Balaban J connectivity index is 1.45. The van der Waals surface area contributed by atoms with Gasteiger partial charge in [0.1, 0.15) is 22.7 Å². The number of nitrogens with two attached hydrogens (primary N) is 4. The van der Waals surface area contributed by atoms with Crippen LogP contribution in [0, 0.1) is 11.8 Å². The summed E-state index contributed by atoms with van der Waals surface area (Å²) in [5, 5.41) is 0. The van der Waals surface area contributed by atoms with Crippen LogP contribution in [0.1, 0.15) is 38.5 Å². The fourth-order valence-corrected chi connectivity index (χ4v) is 6.24. The largest absolute Gasteiger partial charge is 0.487 e. The minimum atomic E-state index is -0.226. The number of nitrogen functional groups attached to an aromatic ring is 4. The lowest BCUT2D eigenvalue weighted by atomic mass is 9.52. The minimum Gasteiger partial charge on any atom is -0.487 e. The van der Waals surface area contributed by atoms with Gasteiger partial charge >= 0.3 is 0 Å². The molecule has 6 nitrogen and oxygen atoms in total. The van der Waals surface area contributed by atoms with E-state index in [1.807, 2.05) is 24.3 Å². The first-order valence-electron chi connectivity index (χ1n) is 10.0. The molecule has 6 rings (SSSR count). The predicted octanol–water partition coefficient (Wildman–Crippen LogP) is 3.56. The van der Waals surface area contributed by atoms with E-state index < -0.39 is 0 Å². The second-order valence-electron chi connectivity index (χ2n) is 9.20. The molecule has 4 fully saturated rings. The highest BCUT2D eigenvalue weighted by Crippen LogP contribution is 2.60. The molecule has 28 heavy (non-hydrogen) atoms. The molecule has 0 aromatic heterocycles. The van der Waals surface area contributed by atoms with Crippen LogP contribution in [-0.2, 0) is 0 Å². The molecule has 0 radical (unpaired) electrons. The predicted molar refractivity (Wildman–Crippen MR) is 112 cm³/mol. The number of ether oxygens (including phenoxy) is 2. The third-order valence-corrected chi connectivity index (χ3v) is 6.52. The van der Waals surface area contributed by atoms with Crippen molar-refractivity contribution in [2.75, 3.05) is 22.9 Å². The molecule has 2 aromatic carbocycles. The van der Waals surface area contributed by atoms with Crippen LogP contribution in [0.5, 0.6) is 11.5 Å². The lowest BCUT2D eigenvalue weighted by molar-refractivity contribution is -0.177. The van der Waals surface area contributed by atoms with Crippen molar-refractivity contribution in [1.29, 1.82) is 0 Å². The van der Waals surface area contributed by atoms with Gasteiger partial charge in [-0.25, -0.2) is 0 Å². The van der Waals surface area contributed by atoms with Gasteiger partial charge in [-0.05, 0) is 56.1 Å². The zero-order valence-electron chi connectivity index (χ0n) is 16.0. The molecular weight excluding hydrogens is 352 g/mol. The highest BCUT2D eigenvalue weighted by molar-refractivity contribution is 5.57. The smallest absolute Gasteiger partial charge is 0.124 e. The minimum absolute atomic E-state index is 0.226. The summed E-state index contributed by atoms with van der Waals surface area (Å²) in [7, 11) is 0. The van der Waals surface area contributed by atoms with Crippen LogP contribution in [0.15, 0.2) is 36.4 Å². The fourth-order valence-electron chi connectivity index (χ4n) is 6.24. The summed E-state index contributed by atoms with van der Waals surface area (Å²) in [5.41, 5.74) is 25.9. The van der Waals surface area contributed by atoms with Crippen LogP contribution in [0.4, 0.5) is 22.7 Å². The Morgan fingerprint density at radius 2 is 0.964 bits per heavy atom. The van der Waals surface area contributed by atoms with E-state index in [4.69, 9.17) is 32.4 Å². The van der Waals surface area contributed by atoms with Gasteiger partial charge in [-0.3, -0.25) is 0 Å². The van der Waals surface area contributed by atoms with Crippen LogP contribution in [0.3, 0.4) is 0 Å². The van der Waals surface area contributed by atoms with E-state index in [-0.39, 0.29) is 11.2 Å². The first kappa shape index (κ1) is 17.3. The summed E-state index contributed by atoms with van der Waals surface area (Å²) in [5.74, 6) is 2.72. The van der Waals surface area contributed by atoms with E-state index in [9.17, 15) is 0 Å². The maximum atomic E-state index is 6.60. The van der Waals surface area contributed by atoms with E-state index in [1.165, 1.54) is 6.42 Å². The number of benzene rings is 2. The second-order valence-corrected chi connectivity index (χ2v) is 9.20. The van der Waals surface area contributed by atoms with Crippen molar-refractivity contribution >= 4 is 22.7 Å². The zero-order chi connectivity index (χ0) is 19.5. The van der Waals surface area contributed by atoms with Crippen LogP contribution >= 0.6 is 0 Å². The van der Waals surface area contributed by atoms with Crippen LogP contribution in [0.2, 0.25) is 0 Å². The summed E-state index contributed by atoms with van der Waals surface area (Å²) in [4.78, 5) is 0. The van der Waals surface area contributed by atoms with Crippen molar-refractivity contribution in [2.24, 2.45) is 11.8 Å². The van der Waals surface area contributed by atoms with Crippen molar-refractivity contribution < 1.29 is 9.47 Å². The van der Waals surface area contributed by atoms with E-state index in [0.717, 1.165) is 43.6 Å². The second kappa shape index (κ2) is 5.87. The van der Waals surface area contributed by atoms with Gasteiger partial charge in [-0.15, -0.1) is 0 Å². The molecule has 4 aliphatic carbocycles. The Bertz CT molecular complexity index is 803. The highest BCUT2D eigenvalue weighted by Gasteiger charge is 2.60. The molecule has 4 bridgehead atoms. The first-order valence-corrected chi connectivity index (χ1v) is 10.0. The quantitative estimate of drug-likeness (QED) is 0.602. The Morgan fingerprint density at radius 1 is 0.607 bits per heavy atom. The standard InChI is InChI=1S/C22H28N4O2/c23-15-2-16(24)5-19(4-15)27-21-8-13-1-14(9-21)11-22(10-13,12-21)28-20-6-17(25)3-18(26)7-20/h2-7,13-14H,1,8-12,23-26H2. The van der Waals surface area contributed by atoms with Crippen molar-refractivity contribution in [1.82, 2.24) is 0 Å². The third-order valence-electron chi connectivity index (χ3n) is 6.52. The molecule has 0 heterocycles. The first-order chi connectivity index (χ1) is 13.3. The molecule has 4 aliphatic rings. The molecule has 0 atom stereocenters. The van der Waals surface area contributed by atoms with Crippen molar-refractivity contribution in [3.63, 3.8) is 0 Å². The SMILES string of the molecule is Nc1cc(N)cc(OC23CC4CC(C2)CC(Oc2cc(N)cc(N)c2)(C4)C3)c1. The van der Waals surface area contributed by atoms with E-state index in [0.29, 0.717) is 34.6 Å². The number of hydrogen-bond acceptors (Lipinski definition) is 6. The van der Waals surface area contributed by atoms with Gasteiger partial charge in [0, 0.05) is 53.4 Å². The molecule has 148 valence electrons. The summed E-state index contributed by atoms with van der Waals surface area (Å²) < 4.78 is 13.2.